The van der Waals surface area contributed by atoms with Gasteiger partial charge in [-0.2, -0.15) is 0 Å². The predicted molar refractivity (Wildman–Crippen MR) is 116 cm³/mol. The highest BCUT2D eigenvalue weighted by molar-refractivity contribution is 5.95. The van der Waals surface area contributed by atoms with Crippen LogP contribution in [0.5, 0.6) is 0 Å². The number of methoxy groups -OCH3 is 1. The van der Waals surface area contributed by atoms with Crippen LogP contribution in [0.15, 0.2) is 30.6 Å². The van der Waals surface area contributed by atoms with Crippen LogP contribution in [-0.2, 0) is 31.0 Å². The van der Waals surface area contributed by atoms with E-state index < -0.39 is 12.0 Å². The van der Waals surface area contributed by atoms with Gasteiger partial charge in [0.2, 0.25) is 0 Å². The summed E-state index contributed by atoms with van der Waals surface area (Å²) in [5, 5.41) is 0.812. The van der Waals surface area contributed by atoms with Crippen molar-refractivity contribution in [3.8, 4) is 11.3 Å². The Morgan fingerprint density at radius 3 is 2.73 bits per heavy atom. The molecule has 0 radical (unpaired) electrons. The molecule has 0 saturated carbocycles. The number of fused-ring (bicyclic) bond motifs is 1. The van der Waals surface area contributed by atoms with Gasteiger partial charge in [-0.05, 0) is 25.1 Å². The molecule has 9 heteroatoms. The average Bonchev–Trinajstić information content (AvgIpc) is 3.38. The van der Waals surface area contributed by atoms with Crippen LogP contribution in [0.1, 0.15) is 42.8 Å². The molecule has 5 heterocycles. The van der Waals surface area contributed by atoms with E-state index in [0.717, 1.165) is 10.9 Å². The topological polar surface area (TPSA) is 75.5 Å². The number of aromatic nitrogens is 3. The van der Waals surface area contributed by atoms with Crippen molar-refractivity contribution in [2.24, 2.45) is 0 Å². The van der Waals surface area contributed by atoms with Crippen molar-refractivity contribution in [1.29, 1.82) is 0 Å². The zero-order valence-corrected chi connectivity index (χ0v) is 18.5. The summed E-state index contributed by atoms with van der Waals surface area (Å²) in [4.78, 5) is 20.9. The molecule has 0 aliphatic carbocycles. The Labute approximate surface area is 189 Å². The van der Waals surface area contributed by atoms with Crippen LogP contribution in [0.3, 0.4) is 0 Å². The van der Waals surface area contributed by atoms with Gasteiger partial charge in [-0.3, -0.25) is 9.78 Å². The average molecular weight is 457 g/mol. The monoisotopic (exact) mass is 457 g/mol. The van der Waals surface area contributed by atoms with E-state index in [1.807, 2.05) is 12.3 Å². The largest absolute Gasteiger partial charge is 0.378 e. The zero-order chi connectivity index (χ0) is 23.2. The van der Waals surface area contributed by atoms with Gasteiger partial charge in [0.1, 0.15) is 11.4 Å². The minimum Gasteiger partial charge on any atom is -0.378 e. The smallest absolute Gasteiger partial charge is 0.263 e. The second-order valence-electron chi connectivity index (χ2n) is 8.69. The fourth-order valence-corrected chi connectivity index (χ4v) is 4.50. The van der Waals surface area contributed by atoms with Crippen LogP contribution in [0.2, 0.25) is 0 Å². The highest BCUT2D eigenvalue weighted by Gasteiger charge is 2.39. The Balaban J connectivity index is 1.71. The number of hydrogen-bond acceptors (Lipinski definition) is 6. The SMILES string of the molecule is CO[C@]1(c2cc(C(F)F)cc(-c3cn(C4COC4)c4cnc(CC(C)=O)cc34)n2)CCOC1. The molecular formula is C24H25F2N3O4. The highest BCUT2D eigenvalue weighted by Crippen LogP contribution is 2.39. The zero-order valence-electron chi connectivity index (χ0n) is 18.5. The van der Waals surface area contributed by atoms with Crippen molar-refractivity contribution in [3.05, 3.63) is 47.5 Å². The highest BCUT2D eigenvalue weighted by atomic mass is 19.3. The van der Waals surface area contributed by atoms with Crippen LogP contribution in [0.25, 0.3) is 22.2 Å². The van der Waals surface area contributed by atoms with Crippen LogP contribution < -0.4 is 0 Å². The summed E-state index contributed by atoms with van der Waals surface area (Å²) in [5.41, 5.74) is 2.06. The van der Waals surface area contributed by atoms with Gasteiger partial charge in [-0.15, -0.1) is 0 Å². The lowest BCUT2D eigenvalue weighted by molar-refractivity contribution is -0.116. The van der Waals surface area contributed by atoms with Gasteiger partial charge in [0.05, 0.1) is 49.0 Å². The molecule has 0 unspecified atom stereocenters. The number of alkyl halides is 2. The van der Waals surface area contributed by atoms with Crippen molar-refractivity contribution in [1.82, 2.24) is 14.5 Å². The summed E-state index contributed by atoms with van der Waals surface area (Å²) in [7, 11) is 1.55. The second kappa shape index (κ2) is 8.55. The first-order chi connectivity index (χ1) is 15.9. The molecule has 1 atom stereocenters. The Bertz CT molecular complexity index is 1200. The molecule has 0 aromatic carbocycles. The van der Waals surface area contributed by atoms with E-state index in [-0.39, 0.29) is 30.4 Å². The molecule has 174 valence electrons. The van der Waals surface area contributed by atoms with E-state index in [1.165, 1.54) is 19.1 Å². The fourth-order valence-electron chi connectivity index (χ4n) is 4.50. The minimum absolute atomic E-state index is 0.00129. The van der Waals surface area contributed by atoms with E-state index in [9.17, 15) is 13.6 Å². The molecule has 0 N–H and O–H groups in total. The summed E-state index contributed by atoms with van der Waals surface area (Å²) in [6.45, 7) is 3.38. The number of halogens is 2. The molecule has 7 nitrogen and oxygen atoms in total. The molecule has 2 aliphatic rings. The number of ether oxygens (including phenoxy) is 3. The number of carbonyl (C=O) groups is 1. The normalized spacial score (nSPS) is 21.1. The van der Waals surface area contributed by atoms with Crippen molar-refractivity contribution in [2.75, 3.05) is 33.5 Å². The molecule has 5 rings (SSSR count). The summed E-state index contributed by atoms with van der Waals surface area (Å²) < 4.78 is 46.5. The van der Waals surface area contributed by atoms with Gasteiger partial charge >= 0.3 is 0 Å². The van der Waals surface area contributed by atoms with Crippen molar-refractivity contribution in [2.45, 2.75) is 37.8 Å². The number of hydrogen-bond donors (Lipinski definition) is 0. The predicted octanol–water partition coefficient (Wildman–Crippen LogP) is 4.00. The number of pyridine rings is 2. The van der Waals surface area contributed by atoms with E-state index in [2.05, 4.69) is 9.55 Å². The van der Waals surface area contributed by atoms with Crippen molar-refractivity contribution < 1.29 is 27.8 Å². The Morgan fingerprint density at radius 1 is 1.30 bits per heavy atom. The third kappa shape index (κ3) is 3.94. The first kappa shape index (κ1) is 22.1. The second-order valence-corrected chi connectivity index (χ2v) is 8.69. The van der Waals surface area contributed by atoms with E-state index >= 15 is 0 Å². The number of Topliss-reactive ketones (excluding diaryl/α,β-unsaturated/α-hetero) is 1. The summed E-state index contributed by atoms with van der Waals surface area (Å²) in [6, 6.07) is 4.82. The first-order valence-corrected chi connectivity index (χ1v) is 10.9. The maximum atomic E-state index is 13.9. The van der Waals surface area contributed by atoms with Gasteiger partial charge in [0.25, 0.3) is 6.43 Å². The van der Waals surface area contributed by atoms with Gasteiger partial charge in [-0.1, -0.05) is 0 Å². The maximum Gasteiger partial charge on any atom is 0.263 e. The number of carbonyl (C=O) groups excluding carboxylic acids is 1. The van der Waals surface area contributed by atoms with Crippen LogP contribution in [0.4, 0.5) is 8.78 Å². The van der Waals surface area contributed by atoms with E-state index in [1.54, 1.807) is 13.3 Å². The number of rotatable bonds is 7. The van der Waals surface area contributed by atoms with E-state index in [0.29, 0.717) is 48.9 Å². The van der Waals surface area contributed by atoms with Gasteiger partial charge < -0.3 is 18.8 Å². The molecule has 2 saturated heterocycles. The summed E-state index contributed by atoms with van der Waals surface area (Å²) >= 11 is 0. The molecule has 33 heavy (non-hydrogen) atoms. The van der Waals surface area contributed by atoms with Gasteiger partial charge in [-0.25, -0.2) is 13.8 Å². The summed E-state index contributed by atoms with van der Waals surface area (Å²) in [5.74, 6) is -0.00129. The third-order valence-electron chi connectivity index (χ3n) is 6.44. The molecule has 2 aliphatic heterocycles. The lowest BCUT2D eigenvalue weighted by Crippen LogP contribution is -2.30. The lowest BCUT2D eigenvalue weighted by Gasteiger charge is -2.28. The Hall–Kier alpha value is -2.75. The molecule has 0 bridgehead atoms. The third-order valence-corrected chi connectivity index (χ3v) is 6.44. The van der Waals surface area contributed by atoms with Crippen LogP contribution >= 0.6 is 0 Å². The van der Waals surface area contributed by atoms with Gasteiger partial charge in [0, 0.05) is 55.0 Å². The molecular weight excluding hydrogens is 432 g/mol. The van der Waals surface area contributed by atoms with Crippen molar-refractivity contribution >= 4 is 16.7 Å². The number of nitrogens with zero attached hydrogens (tertiary/aromatic N) is 3. The standard InChI is InChI=1S/C24H25F2N3O4/c1-14(30)5-16-8-18-19(10-29(17-11-33-12-17)21(18)9-27-16)20-6-15(23(25)26)7-22(28-20)24(31-2)3-4-32-13-24/h6-10,17,23H,3-5,11-13H2,1-2H3/t24-/m1/s1. The maximum absolute atomic E-state index is 13.9. The molecule has 3 aromatic rings. The molecule has 2 fully saturated rings. The molecule has 0 amide bonds. The summed E-state index contributed by atoms with van der Waals surface area (Å²) in [6.07, 6.45) is 1.73. The molecule has 3 aromatic heterocycles. The lowest BCUT2D eigenvalue weighted by atomic mass is 9.95. The molecule has 0 spiro atoms. The Morgan fingerprint density at radius 2 is 2.12 bits per heavy atom. The van der Waals surface area contributed by atoms with Crippen LogP contribution in [0, 0.1) is 0 Å². The van der Waals surface area contributed by atoms with Crippen LogP contribution in [-0.4, -0.2) is 53.9 Å². The Kier molecular flexibility index (Phi) is 5.72. The quantitative estimate of drug-likeness (QED) is 0.534. The van der Waals surface area contributed by atoms with E-state index in [4.69, 9.17) is 19.2 Å². The minimum atomic E-state index is -2.66. The first-order valence-electron chi connectivity index (χ1n) is 10.9. The number of ketones is 1. The van der Waals surface area contributed by atoms with Gasteiger partial charge in [0.15, 0.2) is 0 Å². The van der Waals surface area contributed by atoms with Crippen molar-refractivity contribution in [3.63, 3.8) is 0 Å². The fraction of sp³-hybridized carbons (Fsp3) is 0.458.